The minimum atomic E-state index is -1.24. The van der Waals surface area contributed by atoms with Crippen LogP contribution in [0, 0.1) is 0 Å². The van der Waals surface area contributed by atoms with Crippen molar-refractivity contribution >= 4 is 23.6 Å². The Bertz CT molecular complexity index is 1640. The Morgan fingerprint density at radius 3 is 2.26 bits per heavy atom. The maximum absolute atomic E-state index is 13.9. The number of nitrogens with one attached hydrogen (secondary N) is 4. The van der Waals surface area contributed by atoms with Gasteiger partial charge in [-0.1, -0.05) is 17.3 Å². The van der Waals surface area contributed by atoms with Crippen LogP contribution in [0.1, 0.15) is 42.9 Å². The Kier molecular flexibility index (Phi) is 11.1. The highest BCUT2D eigenvalue weighted by Gasteiger charge is 2.33. The molecule has 4 rings (SSSR count). The molecule has 2 heterocycles. The van der Waals surface area contributed by atoms with Crippen LogP contribution in [0.4, 0.5) is 0 Å². The number of hydrogen-bond acceptors (Lipinski definition) is 11. The molecule has 0 radical (unpaired) electrons. The van der Waals surface area contributed by atoms with E-state index in [9.17, 15) is 24.0 Å². The number of carbonyl (C=O) groups is 4. The van der Waals surface area contributed by atoms with Crippen LogP contribution in [0.3, 0.4) is 0 Å². The van der Waals surface area contributed by atoms with Gasteiger partial charge in [-0.2, -0.15) is 0 Å². The van der Waals surface area contributed by atoms with Gasteiger partial charge in [-0.15, -0.1) is 0 Å². The van der Waals surface area contributed by atoms with Crippen LogP contribution in [0.15, 0.2) is 45.7 Å². The van der Waals surface area contributed by atoms with Gasteiger partial charge in [-0.05, 0) is 42.3 Å². The lowest BCUT2D eigenvalue weighted by atomic mass is 9.93. The monoisotopic (exact) mass is 638 g/mol. The largest absolute Gasteiger partial charge is 0.492 e. The predicted octanol–water partition coefficient (Wildman–Crippen LogP) is -0.741. The van der Waals surface area contributed by atoms with Crippen molar-refractivity contribution < 1.29 is 33.2 Å². The van der Waals surface area contributed by atoms with Gasteiger partial charge in [0, 0.05) is 44.6 Å². The van der Waals surface area contributed by atoms with Crippen LogP contribution in [-0.4, -0.2) is 84.6 Å². The molecule has 3 aromatic rings. The lowest BCUT2D eigenvalue weighted by molar-refractivity contribution is -0.140. The number of aromatic nitrogens is 2. The summed E-state index contributed by atoms with van der Waals surface area (Å²) in [5, 5.41) is 11.7. The van der Waals surface area contributed by atoms with E-state index in [4.69, 9.17) is 25.5 Å². The number of likely N-dealkylation sites (N-methyl/N-ethyl adjacent to an activating group) is 1. The van der Waals surface area contributed by atoms with Crippen molar-refractivity contribution in [2.24, 2.45) is 11.5 Å². The molecule has 0 fully saturated rings. The van der Waals surface area contributed by atoms with Crippen LogP contribution in [0.25, 0.3) is 11.1 Å². The number of nitrogens with two attached hydrogens (primary N) is 2. The zero-order valence-electron chi connectivity index (χ0n) is 25.8. The minimum absolute atomic E-state index is 0.0733. The molecule has 0 aliphatic carbocycles. The number of hydrogen-bond donors (Lipinski definition) is 6. The van der Waals surface area contributed by atoms with Crippen LogP contribution in [0.5, 0.6) is 11.5 Å². The van der Waals surface area contributed by atoms with Crippen molar-refractivity contribution in [3.63, 3.8) is 0 Å². The standard InChI is InChI=1S/C30H38N8O8/c1-16-28(41)35-22(27-36-30(43)46-37-27)13-18-4-6-23(44-10-8-31)20(12-18)21-14-19(5-7-24(21)45-11-9-32)26(29(42)34-16)38(3)25(40)15-33-17(2)39/h4-7,12,14,16,22,26H,8-11,13,15,31-32H2,1-3H3,(H,33,39)(H,34,42)(H,35,41)(H,36,37,43)/t16-,22?,26?/m0/s1. The molecular formula is C30H38N8O8. The van der Waals surface area contributed by atoms with Gasteiger partial charge in [0.05, 0.1) is 12.6 Å². The third-order valence-corrected chi connectivity index (χ3v) is 7.22. The predicted molar refractivity (Wildman–Crippen MR) is 164 cm³/mol. The minimum Gasteiger partial charge on any atom is -0.492 e. The highest BCUT2D eigenvalue weighted by atomic mass is 16.5. The van der Waals surface area contributed by atoms with Gasteiger partial charge in [0.15, 0.2) is 5.82 Å². The number of nitrogens with zero attached hydrogens (tertiary/aromatic N) is 2. The van der Waals surface area contributed by atoms with Gasteiger partial charge in [-0.25, -0.2) is 4.79 Å². The summed E-state index contributed by atoms with van der Waals surface area (Å²) >= 11 is 0. The molecule has 16 heteroatoms. The molecule has 46 heavy (non-hydrogen) atoms. The van der Waals surface area contributed by atoms with E-state index in [-0.39, 0.29) is 45.1 Å². The summed E-state index contributed by atoms with van der Waals surface area (Å²) in [4.78, 5) is 67.4. The maximum atomic E-state index is 13.9. The molecule has 246 valence electrons. The van der Waals surface area contributed by atoms with Crippen LogP contribution in [0.2, 0.25) is 0 Å². The fraction of sp³-hybridized carbons (Fsp3) is 0.400. The smallest absolute Gasteiger partial charge is 0.438 e. The van der Waals surface area contributed by atoms with Crippen molar-refractivity contribution in [3.8, 4) is 22.6 Å². The van der Waals surface area contributed by atoms with Crippen LogP contribution >= 0.6 is 0 Å². The molecule has 3 atom stereocenters. The number of aromatic amines is 1. The molecule has 1 aliphatic heterocycles. The fourth-order valence-electron chi connectivity index (χ4n) is 4.95. The van der Waals surface area contributed by atoms with Crippen molar-refractivity contribution in [2.75, 3.05) is 39.9 Å². The Labute approximate surface area is 264 Å². The average molecular weight is 639 g/mol. The second-order valence-electron chi connectivity index (χ2n) is 10.7. The van der Waals surface area contributed by atoms with Gasteiger partial charge < -0.3 is 41.8 Å². The maximum Gasteiger partial charge on any atom is 0.438 e. The van der Waals surface area contributed by atoms with E-state index in [2.05, 4.69) is 26.1 Å². The summed E-state index contributed by atoms with van der Waals surface area (Å²) in [7, 11) is 1.42. The summed E-state index contributed by atoms with van der Waals surface area (Å²) in [5.74, 6) is -2.06. The SMILES string of the molecule is CC(=O)NCC(=O)N(C)C1C(=O)N[C@@H](C)C(=O)NC(c2noc(=O)[nH]2)Cc2ccc(OCCN)c(c2)-c2cc1ccc2OCCN. The van der Waals surface area contributed by atoms with Crippen molar-refractivity contribution in [1.29, 1.82) is 0 Å². The molecule has 1 aliphatic rings. The topological polar surface area (TPSA) is 237 Å². The van der Waals surface area contributed by atoms with E-state index < -0.39 is 47.5 Å². The molecule has 0 spiro atoms. The highest BCUT2D eigenvalue weighted by molar-refractivity contribution is 5.94. The van der Waals surface area contributed by atoms with E-state index in [0.29, 0.717) is 33.8 Å². The first kappa shape index (κ1) is 33.7. The van der Waals surface area contributed by atoms with E-state index in [1.807, 2.05) is 6.07 Å². The molecule has 4 bridgehead atoms. The summed E-state index contributed by atoms with van der Waals surface area (Å²) in [6.07, 6.45) is 0.167. The number of fused-ring (bicyclic) bond motifs is 5. The van der Waals surface area contributed by atoms with Gasteiger partial charge in [0.1, 0.15) is 36.8 Å². The molecule has 2 unspecified atom stereocenters. The Balaban J connectivity index is 1.93. The molecule has 2 aromatic carbocycles. The first-order chi connectivity index (χ1) is 22.0. The Morgan fingerprint density at radius 1 is 1.00 bits per heavy atom. The van der Waals surface area contributed by atoms with Crippen LogP contribution in [-0.2, 0) is 25.6 Å². The normalized spacial score (nSPS) is 18.1. The van der Waals surface area contributed by atoms with Crippen molar-refractivity contribution in [2.45, 2.75) is 38.4 Å². The average Bonchev–Trinajstić information content (AvgIpc) is 3.47. The summed E-state index contributed by atoms with van der Waals surface area (Å²) in [5.41, 5.74) is 13.7. The zero-order valence-corrected chi connectivity index (χ0v) is 25.8. The molecule has 16 nitrogen and oxygen atoms in total. The van der Waals surface area contributed by atoms with Crippen molar-refractivity contribution in [1.82, 2.24) is 31.0 Å². The van der Waals surface area contributed by atoms with E-state index in [0.717, 1.165) is 0 Å². The number of amides is 4. The molecule has 1 aromatic heterocycles. The summed E-state index contributed by atoms with van der Waals surface area (Å²) < 4.78 is 16.7. The Hall–Kier alpha value is -5.22. The number of benzene rings is 2. The van der Waals surface area contributed by atoms with Gasteiger partial charge in [0.25, 0.3) is 0 Å². The lowest BCUT2D eigenvalue weighted by Gasteiger charge is -2.30. The fourth-order valence-corrected chi connectivity index (χ4v) is 4.95. The summed E-state index contributed by atoms with van der Waals surface area (Å²) in [6.45, 7) is 3.27. The van der Waals surface area contributed by atoms with Gasteiger partial charge in [-0.3, -0.25) is 28.7 Å². The zero-order chi connectivity index (χ0) is 33.4. The van der Waals surface area contributed by atoms with Gasteiger partial charge in [0.2, 0.25) is 23.6 Å². The third kappa shape index (κ3) is 8.08. The lowest BCUT2D eigenvalue weighted by Crippen LogP contribution is -2.51. The quantitative estimate of drug-likeness (QED) is 0.162. The van der Waals surface area contributed by atoms with E-state index in [1.165, 1.54) is 25.8 Å². The molecular weight excluding hydrogens is 600 g/mol. The third-order valence-electron chi connectivity index (χ3n) is 7.22. The molecule has 0 saturated heterocycles. The number of carbonyl (C=O) groups excluding carboxylic acids is 4. The molecule has 0 saturated carbocycles. The van der Waals surface area contributed by atoms with E-state index >= 15 is 0 Å². The molecule has 8 N–H and O–H groups in total. The molecule has 4 amide bonds. The van der Waals surface area contributed by atoms with Crippen molar-refractivity contribution in [3.05, 3.63) is 63.9 Å². The van der Waals surface area contributed by atoms with Crippen LogP contribution < -0.4 is 42.6 Å². The number of H-pyrrole nitrogens is 1. The number of rotatable bonds is 10. The summed E-state index contributed by atoms with van der Waals surface area (Å²) in [6, 6.07) is 7.20. The van der Waals surface area contributed by atoms with Gasteiger partial charge >= 0.3 is 5.76 Å². The second kappa shape index (κ2) is 15.2. The Morgan fingerprint density at radius 2 is 1.65 bits per heavy atom. The highest BCUT2D eigenvalue weighted by Crippen LogP contribution is 2.40. The van der Waals surface area contributed by atoms with E-state index in [1.54, 1.807) is 30.3 Å². The first-order valence-corrected chi connectivity index (χ1v) is 14.6. The second-order valence-corrected chi connectivity index (χ2v) is 10.7. The first-order valence-electron chi connectivity index (χ1n) is 14.6. The number of ether oxygens (including phenoxy) is 2.